The number of hydrogen-bond donors (Lipinski definition) is 2. The van der Waals surface area contributed by atoms with Crippen LogP contribution in [0.25, 0.3) is 0 Å². The number of β-amino-alcohol motifs (C(OH)–C–C–N with tert-alkyl or cyclic N) is 2. The third kappa shape index (κ3) is 3.21. The summed E-state index contributed by atoms with van der Waals surface area (Å²) in [7, 11) is 0. The van der Waals surface area contributed by atoms with Gasteiger partial charge in [0.2, 0.25) is 0 Å². The molecule has 104 valence electrons. The third-order valence-corrected chi connectivity index (χ3v) is 3.03. The van der Waals surface area contributed by atoms with E-state index in [0.29, 0.717) is 0 Å². The summed E-state index contributed by atoms with van der Waals surface area (Å²) in [6, 6.07) is 5.52. The minimum atomic E-state index is -0.926. The summed E-state index contributed by atoms with van der Waals surface area (Å²) in [4.78, 5) is 13.3. The molecule has 1 heterocycles. The van der Waals surface area contributed by atoms with Gasteiger partial charge in [-0.15, -0.1) is 0 Å². The third-order valence-electron chi connectivity index (χ3n) is 3.03. The molecule has 3 unspecified atom stereocenters. The Morgan fingerprint density at radius 3 is 2.63 bits per heavy atom. The van der Waals surface area contributed by atoms with Crippen molar-refractivity contribution in [2.24, 2.45) is 0 Å². The molecule has 0 bridgehead atoms. The zero-order valence-electron chi connectivity index (χ0n) is 10.5. The van der Waals surface area contributed by atoms with Gasteiger partial charge in [0.25, 0.3) is 5.91 Å². The molecular weight excluding hydrogens is 253 g/mol. The highest BCUT2D eigenvalue weighted by molar-refractivity contribution is 5.81. The van der Waals surface area contributed by atoms with Crippen molar-refractivity contribution in [1.82, 2.24) is 4.90 Å². The second-order valence-electron chi connectivity index (χ2n) is 4.60. The topological polar surface area (TPSA) is 70.0 Å². The maximum absolute atomic E-state index is 13.0. The number of benzene rings is 1. The zero-order valence-corrected chi connectivity index (χ0v) is 10.5. The molecule has 1 aliphatic heterocycles. The molecular formula is C13H16FNO4. The standard InChI is InChI=1S/C13H16FNO4/c1-8(19-10-4-2-3-9(14)5-10)13(18)15-6-11(16)12(17)7-15/h2-5,8,11-12,16-17H,6-7H2,1H3. The molecule has 0 aliphatic carbocycles. The lowest BCUT2D eigenvalue weighted by Crippen LogP contribution is -2.39. The van der Waals surface area contributed by atoms with Crippen LogP contribution in [0.2, 0.25) is 0 Å². The Kier molecular flexibility index (Phi) is 4.01. The highest BCUT2D eigenvalue weighted by atomic mass is 19.1. The van der Waals surface area contributed by atoms with Crippen molar-refractivity contribution in [2.75, 3.05) is 13.1 Å². The first-order valence-corrected chi connectivity index (χ1v) is 6.04. The fraction of sp³-hybridized carbons (Fsp3) is 0.462. The van der Waals surface area contributed by atoms with E-state index < -0.39 is 24.1 Å². The van der Waals surface area contributed by atoms with Crippen LogP contribution in [0.3, 0.4) is 0 Å². The van der Waals surface area contributed by atoms with Crippen LogP contribution >= 0.6 is 0 Å². The number of halogens is 1. The predicted molar refractivity (Wildman–Crippen MR) is 65.1 cm³/mol. The van der Waals surface area contributed by atoms with Crippen molar-refractivity contribution >= 4 is 5.91 Å². The molecule has 1 fully saturated rings. The zero-order chi connectivity index (χ0) is 14.0. The molecule has 1 aliphatic rings. The van der Waals surface area contributed by atoms with Gasteiger partial charge >= 0.3 is 0 Å². The molecule has 5 nitrogen and oxygen atoms in total. The van der Waals surface area contributed by atoms with Gasteiger partial charge in [-0.2, -0.15) is 0 Å². The number of carbonyl (C=O) groups excluding carboxylic acids is 1. The molecule has 2 N–H and O–H groups in total. The number of carbonyl (C=O) groups is 1. The minimum absolute atomic E-state index is 0.0802. The molecule has 1 saturated heterocycles. The summed E-state index contributed by atoms with van der Waals surface area (Å²) < 4.78 is 18.3. The van der Waals surface area contributed by atoms with Gasteiger partial charge in [-0.3, -0.25) is 4.79 Å². The largest absolute Gasteiger partial charge is 0.481 e. The van der Waals surface area contributed by atoms with E-state index in [9.17, 15) is 19.4 Å². The van der Waals surface area contributed by atoms with E-state index in [1.807, 2.05) is 0 Å². The smallest absolute Gasteiger partial charge is 0.263 e. The first-order chi connectivity index (χ1) is 8.97. The number of rotatable bonds is 3. The molecule has 3 atom stereocenters. The van der Waals surface area contributed by atoms with E-state index in [0.717, 1.165) is 0 Å². The van der Waals surface area contributed by atoms with Crippen molar-refractivity contribution in [3.63, 3.8) is 0 Å². The average molecular weight is 269 g/mol. The molecule has 2 rings (SSSR count). The summed E-state index contributed by atoms with van der Waals surface area (Å²) in [5.74, 6) is -0.523. The number of ether oxygens (including phenoxy) is 1. The van der Waals surface area contributed by atoms with Crippen molar-refractivity contribution in [3.05, 3.63) is 30.1 Å². The molecule has 19 heavy (non-hydrogen) atoms. The Bertz CT molecular complexity index is 458. The van der Waals surface area contributed by atoms with Gasteiger partial charge in [0.05, 0.1) is 12.2 Å². The van der Waals surface area contributed by atoms with Gasteiger partial charge in [-0.05, 0) is 19.1 Å². The van der Waals surface area contributed by atoms with Crippen molar-refractivity contribution in [3.8, 4) is 5.75 Å². The Hall–Kier alpha value is -1.66. The summed E-state index contributed by atoms with van der Waals surface area (Å²) >= 11 is 0. The number of amides is 1. The molecule has 1 aromatic rings. The number of aliphatic hydroxyl groups excluding tert-OH is 2. The van der Waals surface area contributed by atoms with Crippen molar-refractivity contribution in [1.29, 1.82) is 0 Å². The molecule has 6 heteroatoms. The van der Waals surface area contributed by atoms with Gasteiger partial charge in [-0.25, -0.2) is 4.39 Å². The monoisotopic (exact) mass is 269 g/mol. The van der Waals surface area contributed by atoms with Crippen LogP contribution in [0.1, 0.15) is 6.92 Å². The fourth-order valence-corrected chi connectivity index (χ4v) is 2.00. The Morgan fingerprint density at radius 1 is 1.42 bits per heavy atom. The van der Waals surface area contributed by atoms with Crippen LogP contribution in [0, 0.1) is 5.82 Å². The molecule has 0 spiro atoms. The lowest BCUT2D eigenvalue weighted by molar-refractivity contribution is -0.137. The second kappa shape index (κ2) is 5.54. The first kappa shape index (κ1) is 13.8. The maximum atomic E-state index is 13.0. The van der Waals surface area contributed by atoms with E-state index in [4.69, 9.17) is 4.74 Å². The van der Waals surface area contributed by atoms with Gasteiger partial charge in [0.1, 0.15) is 11.6 Å². The lowest BCUT2D eigenvalue weighted by atomic mass is 10.3. The second-order valence-corrected chi connectivity index (χ2v) is 4.60. The van der Waals surface area contributed by atoms with Crippen LogP contribution in [-0.4, -0.2) is 52.4 Å². The van der Waals surface area contributed by atoms with Crippen LogP contribution in [0.4, 0.5) is 4.39 Å². The predicted octanol–water partition coefficient (Wildman–Crippen LogP) is 0.157. The summed E-state index contributed by atoms with van der Waals surface area (Å²) in [5.41, 5.74) is 0. The Labute approximate surface area is 110 Å². The van der Waals surface area contributed by atoms with Gasteiger partial charge in [0, 0.05) is 19.2 Å². The van der Waals surface area contributed by atoms with Gasteiger partial charge in [0.15, 0.2) is 6.10 Å². The maximum Gasteiger partial charge on any atom is 0.263 e. The highest BCUT2D eigenvalue weighted by Crippen LogP contribution is 2.17. The van der Waals surface area contributed by atoms with Crippen LogP contribution < -0.4 is 4.74 Å². The Morgan fingerprint density at radius 2 is 2.05 bits per heavy atom. The van der Waals surface area contributed by atoms with Crippen molar-refractivity contribution in [2.45, 2.75) is 25.2 Å². The number of aliphatic hydroxyl groups is 2. The summed E-state index contributed by atoms with van der Waals surface area (Å²) in [5, 5.41) is 18.8. The molecule has 1 aromatic carbocycles. The van der Waals surface area contributed by atoms with Crippen LogP contribution in [0.5, 0.6) is 5.75 Å². The summed E-state index contributed by atoms with van der Waals surface area (Å²) in [6.45, 7) is 1.71. The molecule has 0 radical (unpaired) electrons. The fourth-order valence-electron chi connectivity index (χ4n) is 2.00. The number of hydrogen-bond acceptors (Lipinski definition) is 4. The van der Waals surface area contributed by atoms with Crippen LogP contribution in [0.15, 0.2) is 24.3 Å². The minimum Gasteiger partial charge on any atom is -0.481 e. The number of likely N-dealkylation sites (tertiary alicyclic amines) is 1. The first-order valence-electron chi connectivity index (χ1n) is 6.04. The van der Waals surface area contributed by atoms with Crippen LogP contribution in [-0.2, 0) is 4.79 Å². The average Bonchev–Trinajstić information content (AvgIpc) is 2.68. The van der Waals surface area contributed by atoms with E-state index in [1.54, 1.807) is 13.0 Å². The SMILES string of the molecule is CC(Oc1cccc(F)c1)C(=O)N1CC(O)C(O)C1. The van der Waals surface area contributed by atoms with E-state index >= 15 is 0 Å². The molecule has 0 aromatic heterocycles. The van der Waals surface area contributed by atoms with E-state index in [2.05, 4.69) is 0 Å². The molecule has 1 amide bonds. The number of nitrogens with zero attached hydrogens (tertiary/aromatic N) is 1. The summed E-state index contributed by atoms with van der Waals surface area (Å²) in [6.07, 6.45) is -2.66. The van der Waals surface area contributed by atoms with Crippen molar-refractivity contribution < 1.29 is 24.1 Å². The van der Waals surface area contributed by atoms with E-state index in [1.165, 1.54) is 23.1 Å². The van der Waals surface area contributed by atoms with Gasteiger partial charge in [-0.1, -0.05) is 6.07 Å². The Balaban J connectivity index is 1.96. The quantitative estimate of drug-likeness (QED) is 0.820. The molecule has 0 saturated carbocycles. The lowest BCUT2D eigenvalue weighted by Gasteiger charge is -2.21. The highest BCUT2D eigenvalue weighted by Gasteiger charge is 2.34. The van der Waals surface area contributed by atoms with E-state index in [-0.39, 0.29) is 24.7 Å². The van der Waals surface area contributed by atoms with Gasteiger partial charge < -0.3 is 19.8 Å². The normalized spacial score (nSPS) is 24.3.